The summed E-state index contributed by atoms with van der Waals surface area (Å²) in [7, 11) is -2.59. The van der Waals surface area contributed by atoms with Crippen LogP contribution in [0, 0.1) is 0 Å². The van der Waals surface area contributed by atoms with Gasteiger partial charge in [0.05, 0.1) is 12.1 Å². The molecule has 20 heavy (non-hydrogen) atoms. The lowest BCUT2D eigenvalue weighted by Crippen LogP contribution is -2.54. The zero-order chi connectivity index (χ0) is 14.5. The number of nitrogens with one attached hydrogen (secondary N) is 1. The monoisotopic (exact) mass is 303 g/mol. The topological polar surface area (TPSA) is 126 Å². The van der Waals surface area contributed by atoms with E-state index in [9.17, 15) is 14.2 Å². The van der Waals surface area contributed by atoms with E-state index in [1.807, 2.05) is 0 Å². The van der Waals surface area contributed by atoms with E-state index in [2.05, 4.69) is 4.98 Å². The van der Waals surface area contributed by atoms with Gasteiger partial charge in [0.15, 0.2) is 6.23 Å². The number of hydrogen-bond donors (Lipinski definition) is 2. The standard InChI is InChI=1S/C10H14N3O6P/c1-10(11)7-5(4-17-20(16)19-7)18-8(10)13-3-2-6(14)12-9(13)15/h2-3,5,7-8,20H,4,11H2,1H3,(H,12,14,15)/t5-,7-,8-,10-/m1/s1. The van der Waals surface area contributed by atoms with Crippen LogP contribution in [0.15, 0.2) is 21.9 Å². The Morgan fingerprint density at radius 1 is 1.55 bits per heavy atom. The third-order valence-corrected chi connectivity index (χ3v) is 4.33. The SMILES string of the molecule is C[C@@]1(N)[C@@H]2O[PH](=O)OC[C@H]2O[C@H]1n1ccc(=O)[nH]c1=O. The van der Waals surface area contributed by atoms with Crippen LogP contribution in [0.3, 0.4) is 0 Å². The van der Waals surface area contributed by atoms with Gasteiger partial charge in [-0.05, 0) is 6.92 Å². The van der Waals surface area contributed by atoms with Crippen LogP contribution < -0.4 is 17.0 Å². The Morgan fingerprint density at radius 2 is 2.30 bits per heavy atom. The first-order valence-electron chi connectivity index (χ1n) is 5.99. The summed E-state index contributed by atoms with van der Waals surface area (Å²) in [4.78, 5) is 25.1. The number of fused-ring (bicyclic) bond motifs is 1. The highest BCUT2D eigenvalue weighted by atomic mass is 31.1. The molecule has 110 valence electrons. The third kappa shape index (κ3) is 2.07. The summed E-state index contributed by atoms with van der Waals surface area (Å²) in [5.74, 6) is 0. The van der Waals surface area contributed by atoms with Crippen molar-refractivity contribution >= 4 is 8.25 Å². The van der Waals surface area contributed by atoms with Crippen molar-refractivity contribution in [2.45, 2.75) is 30.9 Å². The lowest BCUT2D eigenvalue weighted by Gasteiger charge is -2.32. The van der Waals surface area contributed by atoms with Crippen LogP contribution in [-0.2, 0) is 18.3 Å². The molecule has 0 radical (unpaired) electrons. The molecular weight excluding hydrogens is 289 g/mol. The van der Waals surface area contributed by atoms with Gasteiger partial charge < -0.3 is 19.5 Å². The molecule has 0 aromatic carbocycles. The second-order valence-electron chi connectivity index (χ2n) is 5.01. The quantitative estimate of drug-likeness (QED) is 0.634. The summed E-state index contributed by atoms with van der Waals surface area (Å²) in [6.07, 6.45) is -0.709. The number of rotatable bonds is 1. The van der Waals surface area contributed by atoms with Crippen molar-refractivity contribution in [1.29, 1.82) is 0 Å². The zero-order valence-electron chi connectivity index (χ0n) is 10.6. The first-order valence-corrected chi connectivity index (χ1v) is 7.21. The number of nitrogens with two attached hydrogens (primary N) is 1. The van der Waals surface area contributed by atoms with Gasteiger partial charge in [-0.2, -0.15) is 0 Å². The fourth-order valence-corrected chi connectivity index (χ4v) is 3.50. The molecule has 1 unspecified atom stereocenters. The maximum atomic E-state index is 11.8. The summed E-state index contributed by atoms with van der Waals surface area (Å²) >= 11 is 0. The number of aromatic amines is 1. The Hall–Kier alpha value is -1.25. The maximum absolute atomic E-state index is 11.8. The summed E-state index contributed by atoms with van der Waals surface area (Å²) in [6, 6.07) is 1.20. The lowest BCUT2D eigenvalue weighted by atomic mass is 9.93. The summed E-state index contributed by atoms with van der Waals surface area (Å²) in [5.41, 5.74) is 3.97. The maximum Gasteiger partial charge on any atom is 0.330 e. The van der Waals surface area contributed by atoms with Gasteiger partial charge in [-0.1, -0.05) is 0 Å². The molecule has 9 nitrogen and oxygen atoms in total. The van der Waals surface area contributed by atoms with Gasteiger partial charge in [0.2, 0.25) is 0 Å². The van der Waals surface area contributed by atoms with E-state index in [4.69, 9.17) is 19.5 Å². The highest BCUT2D eigenvalue weighted by molar-refractivity contribution is 7.33. The average Bonchev–Trinajstić information content (AvgIpc) is 2.62. The van der Waals surface area contributed by atoms with E-state index in [-0.39, 0.29) is 6.61 Å². The van der Waals surface area contributed by atoms with Crippen LogP contribution in [0.25, 0.3) is 0 Å². The molecule has 2 aliphatic heterocycles. The predicted molar refractivity (Wildman–Crippen MR) is 67.7 cm³/mol. The van der Waals surface area contributed by atoms with Gasteiger partial charge in [0.25, 0.3) is 5.56 Å². The van der Waals surface area contributed by atoms with Crippen molar-refractivity contribution in [3.63, 3.8) is 0 Å². The smallest absolute Gasteiger partial charge is 0.330 e. The molecule has 3 heterocycles. The molecule has 10 heteroatoms. The first kappa shape index (κ1) is 13.7. The Kier molecular flexibility index (Phi) is 3.19. The minimum atomic E-state index is -2.59. The Balaban J connectivity index is 2.00. The fourth-order valence-electron chi connectivity index (χ4n) is 2.52. The van der Waals surface area contributed by atoms with Crippen LogP contribution in [0.4, 0.5) is 0 Å². The van der Waals surface area contributed by atoms with Crippen molar-refractivity contribution in [2.75, 3.05) is 6.61 Å². The van der Waals surface area contributed by atoms with Crippen molar-refractivity contribution in [3.8, 4) is 0 Å². The highest BCUT2D eigenvalue weighted by Crippen LogP contribution is 2.46. The van der Waals surface area contributed by atoms with E-state index in [0.29, 0.717) is 0 Å². The van der Waals surface area contributed by atoms with Gasteiger partial charge in [-0.25, -0.2) is 4.79 Å². The molecule has 0 bridgehead atoms. The fraction of sp³-hybridized carbons (Fsp3) is 0.600. The van der Waals surface area contributed by atoms with Gasteiger partial charge in [-0.15, -0.1) is 0 Å². The van der Waals surface area contributed by atoms with Crippen molar-refractivity contribution in [1.82, 2.24) is 9.55 Å². The van der Waals surface area contributed by atoms with Crippen LogP contribution >= 0.6 is 8.25 Å². The lowest BCUT2D eigenvalue weighted by molar-refractivity contribution is -0.0558. The Morgan fingerprint density at radius 3 is 3.00 bits per heavy atom. The van der Waals surface area contributed by atoms with E-state index in [1.165, 1.54) is 16.8 Å². The second-order valence-corrected chi connectivity index (χ2v) is 6.03. The molecule has 2 fully saturated rings. The molecule has 5 atom stereocenters. The molecule has 3 N–H and O–H groups in total. The van der Waals surface area contributed by atoms with E-state index in [1.54, 1.807) is 6.92 Å². The summed E-state index contributed by atoms with van der Waals surface area (Å²) < 4.78 is 28.4. The molecule has 2 aliphatic rings. The molecule has 0 amide bonds. The zero-order valence-corrected chi connectivity index (χ0v) is 11.6. The van der Waals surface area contributed by atoms with Crippen molar-refractivity contribution in [3.05, 3.63) is 33.1 Å². The van der Waals surface area contributed by atoms with Gasteiger partial charge in [0.1, 0.15) is 12.2 Å². The first-order chi connectivity index (χ1) is 9.39. The molecule has 1 aromatic rings. The van der Waals surface area contributed by atoms with E-state index >= 15 is 0 Å². The number of H-pyrrole nitrogens is 1. The van der Waals surface area contributed by atoms with Gasteiger partial charge >= 0.3 is 13.9 Å². The highest BCUT2D eigenvalue weighted by Gasteiger charge is 2.55. The van der Waals surface area contributed by atoms with Crippen LogP contribution in [-0.4, -0.2) is 33.9 Å². The van der Waals surface area contributed by atoms with E-state index < -0.39 is 43.5 Å². The summed E-state index contributed by atoms with van der Waals surface area (Å²) in [6.45, 7) is 1.73. The molecule has 2 saturated heterocycles. The number of aromatic nitrogens is 2. The van der Waals surface area contributed by atoms with Crippen molar-refractivity contribution < 1.29 is 18.3 Å². The minimum Gasteiger partial charge on any atom is -0.347 e. The number of hydrogen-bond acceptors (Lipinski definition) is 7. The van der Waals surface area contributed by atoms with Crippen LogP contribution in [0.5, 0.6) is 0 Å². The number of nitrogens with zero attached hydrogens (tertiary/aromatic N) is 1. The summed E-state index contributed by atoms with van der Waals surface area (Å²) in [5, 5.41) is 0. The molecule has 0 spiro atoms. The largest absolute Gasteiger partial charge is 0.347 e. The Labute approximate surface area is 113 Å². The van der Waals surface area contributed by atoms with Gasteiger partial charge in [0, 0.05) is 12.3 Å². The Bertz CT molecular complexity index is 667. The van der Waals surface area contributed by atoms with Crippen molar-refractivity contribution in [2.24, 2.45) is 5.73 Å². The van der Waals surface area contributed by atoms with Crippen LogP contribution in [0.1, 0.15) is 13.2 Å². The normalized spacial score (nSPS) is 40.5. The van der Waals surface area contributed by atoms with Gasteiger partial charge in [-0.3, -0.25) is 18.9 Å². The minimum absolute atomic E-state index is 0.0872. The van der Waals surface area contributed by atoms with E-state index in [0.717, 1.165) is 0 Å². The van der Waals surface area contributed by atoms with Crippen LogP contribution in [0.2, 0.25) is 0 Å². The molecule has 0 aliphatic carbocycles. The average molecular weight is 303 g/mol. The second kappa shape index (κ2) is 4.64. The third-order valence-electron chi connectivity index (χ3n) is 3.48. The number of ether oxygens (including phenoxy) is 1. The molecule has 1 aromatic heterocycles. The predicted octanol–water partition coefficient (Wildman–Crippen LogP) is -1.04. The molecular formula is C10H14N3O6P. The molecule has 3 rings (SSSR count). The molecule has 0 saturated carbocycles.